The average Bonchev–Trinajstić information content (AvgIpc) is 2.91. The SMILES string of the molecule is CC(C)(C)OC(=O)N[C@@H]1CCN(c2nc(C(F)(F)F)ccc2C#N)C1. The molecule has 1 saturated heterocycles. The molecular formula is C16H19F3N4O2. The second-order valence-corrected chi connectivity index (χ2v) is 6.76. The first-order valence-electron chi connectivity index (χ1n) is 7.72. The number of pyridine rings is 1. The Morgan fingerprint density at radius 3 is 2.64 bits per heavy atom. The van der Waals surface area contributed by atoms with Crippen molar-refractivity contribution in [1.82, 2.24) is 10.3 Å². The number of anilines is 1. The molecular weight excluding hydrogens is 337 g/mol. The van der Waals surface area contributed by atoms with Crippen molar-refractivity contribution in [2.75, 3.05) is 18.0 Å². The standard InChI is InChI=1S/C16H19F3N4O2/c1-15(2,3)25-14(24)21-11-6-7-23(9-11)13-10(8-20)4-5-12(22-13)16(17,18)19/h4-5,11H,6-7,9H2,1-3H3,(H,21,24)/t11-/m1/s1. The molecule has 1 fully saturated rings. The number of nitrogens with one attached hydrogen (secondary N) is 1. The molecule has 6 nitrogen and oxygen atoms in total. The van der Waals surface area contributed by atoms with E-state index >= 15 is 0 Å². The van der Waals surface area contributed by atoms with E-state index in [1.807, 2.05) is 6.07 Å². The summed E-state index contributed by atoms with van der Waals surface area (Å²) in [6, 6.07) is 3.46. The maximum absolute atomic E-state index is 12.9. The Labute approximate surface area is 143 Å². The minimum absolute atomic E-state index is 0.0224. The van der Waals surface area contributed by atoms with Crippen molar-refractivity contribution >= 4 is 11.9 Å². The summed E-state index contributed by atoms with van der Waals surface area (Å²) in [6.45, 7) is 5.84. The summed E-state index contributed by atoms with van der Waals surface area (Å²) in [5.74, 6) is -0.0224. The lowest BCUT2D eigenvalue weighted by Gasteiger charge is -2.22. The van der Waals surface area contributed by atoms with Gasteiger partial charge in [0, 0.05) is 13.1 Å². The predicted octanol–water partition coefficient (Wildman–Crippen LogP) is 3.08. The predicted molar refractivity (Wildman–Crippen MR) is 83.9 cm³/mol. The van der Waals surface area contributed by atoms with Gasteiger partial charge in [-0.2, -0.15) is 18.4 Å². The van der Waals surface area contributed by atoms with E-state index in [1.165, 1.54) is 0 Å². The van der Waals surface area contributed by atoms with Crippen molar-refractivity contribution < 1.29 is 22.7 Å². The van der Waals surface area contributed by atoms with Crippen LogP contribution in [0.15, 0.2) is 12.1 Å². The molecule has 136 valence electrons. The number of nitriles is 1. The molecule has 1 aromatic rings. The second-order valence-electron chi connectivity index (χ2n) is 6.76. The minimum atomic E-state index is -4.59. The molecule has 25 heavy (non-hydrogen) atoms. The number of nitrogens with zero attached hydrogens (tertiary/aromatic N) is 3. The molecule has 1 aromatic heterocycles. The Balaban J connectivity index is 2.11. The van der Waals surface area contributed by atoms with E-state index in [0.717, 1.165) is 12.1 Å². The van der Waals surface area contributed by atoms with E-state index in [4.69, 9.17) is 10.00 Å². The summed E-state index contributed by atoms with van der Waals surface area (Å²) in [6.07, 6.45) is -4.66. The fourth-order valence-electron chi connectivity index (χ4n) is 2.48. The summed E-state index contributed by atoms with van der Waals surface area (Å²) in [7, 11) is 0. The first-order chi connectivity index (χ1) is 11.5. The molecule has 1 aliphatic rings. The molecule has 0 unspecified atom stereocenters. The van der Waals surface area contributed by atoms with Crippen molar-refractivity contribution in [1.29, 1.82) is 5.26 Å². The van der Waals surface area contributed by atoms with Crippen LogP contribution >= 0.6 is 0 Å². The lowest BCUT2D eigenvalue weighted by atomic mass is 10.2. The van der Waals surface area contributed by atoms with Gasteiger partial charge in [-0.15, -0.1) is 0 Å². The summed E-state index contributed by atoms with van der Waals surface area (Å²) in [5, 5.41) is 11.8. The molecule has 0 saturated carbocycles. The summed E-state index contributed by atoms with van der Waals surface area (Å²) < 4.78 is 43.7. The molecule has 2 rings (SSSR count). The number of hydrogen-bond donors (Lipinski definition) is 1. The van der Waals surface area contributed by atoms with Crippen LogP contribution < -0.4 is 10.2 Å². The third-order valence-electron chi connectivity index (χ3n) is 3.49. The molecule has 0 aromatic carbocycles. The quantitative estimate of drug-likeness (QED) is 0.881. The molecule has 9 heteroatoms. The Kier molecular flexibility index (Phi) is 5.11. The van der Waals surface area contributed by atoms with Crippen LogP contribution in [-0.4, -0.2) is 35.8 Å². The van der Waals surface area contributed by atoms with Gasteiger partial charge >= 0.3 is 12.3 Å². The fraction of sp³-hybridized carbons (Fsp3) is 0.562. The van der Waals surface area contributed by atoms with Crippen molar-refractivity contribution in [3.05, 3.63) is 23.4 Å². The van der Waals surface area contributed by atoms with Crippen molar-refractivity contribution in [3.8, 4) is 6.07 Å². The number of carbonyl (C=O) groups is 1. The van der Waals surface area contributed by atoms with Gasteiger partial charge in [0.15, 0.2) is 0 Å². The molecule has 1 N–H and O–H groups in total. The summed E-state index contributed by atoms with van der Waals surface area (Å²) >= 11 is 0. The van der Waals surface area contributed by atoms with Gasteiger partial charge in [0.05, 0.1) is 11.6 Å². The van der Waals surface area contributed by atoms with Gasteiger partial charge in [-0.05, 0) is 39.3 Å². The van der Waals surface area contributed by atoms with E-state index in [9.17, 15) is 18.0 Å². The first kappa shape index (κ1) is 18.8. The smallest absolute Gasteiger partial charge is 0.433 e. The van der Waals surface area contributed by atoms with Crippen LogP contribution in [0.4, 0.5) is 23.8 Å². The molecule has 0 spiro atoms. The lowest BCUT2D eigenvalue weighted by Crippen LogP contribution is -2.40. The molecule has 0 bridgehead atoms. The van der Waals surface area contributed by atoms with Crippen molar-refractivity contribution in [3.63, 3.8) is 0 Å². The Morgan fingerprint density at radius 2 is 2.08 bits per heavy atom. The highest BCUT2D eigenvalue weighted by molar-refractivity contribution is 5.68. The molecule has 1 atom stereocenters. The van der Waals surface area contributed by atoms with Crippen LogP contribution in [0, 0.1) is 11.3 Å². The molecule has 0 radical (unpaired) electrons. The van der Waals surface area contributed by atoms with E-state index in [-0.39, 0.29) is 24.0 Å². The zero-order valence-corrected chi connectivity index (χ0v) is 14.1. The van der Waals surface area contributed by atoms with Gasteiger partial charge in [-0.1, -0.05) is 0 Å². The van der Waals surface area contributed by atoms with Gasteiger partial charge < -0.3 is 15.0 Å². The monoisotopic (exact) mass is 356 g/mol. The Morgan fingerprint density at radius 1 is 1.40 bits per heavy atom. The van der Waals surface area contributed by atoms with Gasteiger partial charge in [0.25, 0.3) is 0 Å². The zero-order chi connectivity index (χ0) is 18.8. The lowest BCUT2D eigenvalue weighted by molar-refractivity contribution is -0.141. The van der Waals surface area contributed by atoms with Crippen LogP contribution in [0.5, 0.6) is 0 Å². The number of hydrogen-bond acceptors (Lipinski definition) is 5. The topological polar surface area (TPSA) is 78.2 Å². The number of alkyl carbamates (subject to hydrolysis) is 1. The van der Waals surface area contributed by atoms with E-state index < -0.39 is 23.6 Å². The van der Waals surface area contributed by atoms with Gasteiger partial charge in [0.1, 0.15) is 23.2 Å². The number of amides is 1. The maximum Gasteiger partial charge on any atom is 0.433 e. The van der Waals surface area contributed by atoms with Crippen LogP contribution in [0.25, 0.3) is 0 Å². The highest BCUT2D eigenvalue weighted by Gasteiger charge is 2.35. The number of carbonyl (C=O) groups excluding carboxylic acids is 1. The fourth-order valence-corrected chi connectivity index (χ4v) is 2.48. The van der Waals surface area contributed by atoms with E-state index in [1.54, 1.807) is 25.7 Å². The van der Waals surface area contributed by atoms with Crippen molar-refractivity contribution in [2.45, 2.75) is 45.0 Å². The third-order valence-corrected chi connectivity index (χ3v) is 3.49. The van der Waals surface area contributed by atoms with Crippen LogP contribution in [-0.2, 0) is 10.9 Å². The van der Waals surface area contributed by atoms with Crippen LogP contribution in [0.1, 0.15) is 38.4 Å². The number of alkyl halides is 3. The van der Waals surface area contributed by atoms with Crippen LogP contribution in [0.3, 0.4) is 0 Å². The molecule has 0 aliphatic carbocycles. The van der Waals surface area contributed by atoms with E-state index in [0.29, 0.717) is 13.0 Å². The number of aromatic nitrogens is 1. The summed E-state index contributed by atoms with van der Waals surface area (Å²) in [4.78, 5) is 17.0. The third kappa shape index (κ3) is 4.98. The molecule has 1 aliphatic heterocycles. The molecule has 2 heterocycles. The van der Waals surface area contributed by atoms with Gasteiger partial charge in [-0.3, -0.25) is 0 Å². The number of halogens is 3. The second kappa shape index (κ2) is 6.78. The van der Waals surface area contributed by atoms with Gasteiger partial charge in [0.2, 0.25) is 0 Å². The zero-order valence-electron chi connectivity index (χ0n) is 14.1. The number of ether oxygens (including phenoxy) is 1. The Bertz CT molecular complexity index is 692. The maximum atomic E-state index is 12.9. The largest absolute Gasteiger partial charge is 0.444 e. The Hall–Kier alpha value is -2.50. The number of rotatable bonds is 2. The summed E-state index contributed by atoms with van der Waals surface area (Å²) in [5.41, 5.74) is -1.63. The normalized spacial score (nSPS) is 18.0. The highest BCUT2D eigenvalue weighted by atomic mass is 19.4. The van der Waals surface area contributed by atoms with E-state index in [2.05, 4.69) is 10.3 Å². The first-order valence-corrected chi connectivity index (χ1v) is 7.72. The average molecular weight is 356 g/mol. The van der Waals surface area contributed by atoms with Gasteiger partial charge in [-0.25, -0.2) is 9.78 Å². The minimum Gasteiger partial charge on any atom is -0.444 e. The molecule has 1 amide bonds. The highest BCUT2D eigenvalue weighted by Crippen LogP contribution is 2.31. The van der Waals surface area contributed by atoms with Crippen LogP contribution in [0.2, 0.25) is 0 Å². The van der Waals surface area contributed by atoms with Crippen molar-refractivity contribution in [2.24, 2.45) is 0 Å².